The van der Waals surface area contributed by atoms with E-state index < -0.39 is 176 Å². The molecule has 0 bridgehead atoms. The Balaban J connectivity index is 2.77. The minimum absolute atomic E-state index is 0.360. The van der Waals surface area contributed by atoms with Gasteiger partial charge in [0.2, 0.25) is 0 Å². The standard InChI is InChI=1S/C68H84BF16Si4/c1-33(2)86(34(3)4,35(5)6)29-25-45-53(70)61(78)49(62(79)54(45)71)69(50-63(80)55(72)46(56(73)64(50)81)26-30-87(36(7)8,37(9)10)38(11)12,51-65(82)57(74)47(58(75)66(51)83)27-31-88(39(13)14,40(15)16)41(17)18)52-67(84)59(76)48(60(77)68(52)85)28-32-89(42(19)20,43(21)22)44(23)24/h33-44H,1-24H3/q-1. The molecule has 4 aromatic rings. The second-order valence-electron chi connectivity index (χ2n) is 27.6. The third-order valence-corrected chi connectivity index (χ3v) is 45.2. The van der Waals surface area contributed by atoms with E-state index in [0.717, 1.165) is 0 Å². The van der Waals surface area contributed by atoms with Crippen molar-refractivity contribution in [2.45, 2.75) is 233 Å². The maximum absolute atomic E-state index is 18.2. The lowest BCUT2D eigenvalue weighted by Gasteiger charge is -2.45. The highest BCUT2D eigenvalue weighted by Crippen LogP contribution is 2.45. The summed E-state index contributed by atoms with van der Waals surface area (Å²) in [5, 5.41) is 0. The molecular weight excluding hydrogens is 1240 g/mol. The smallest absolute Gasteiger partial charge is 0.174 e. The molecule has 0 aromatic heterocycles. The monoisotopic (exact) mass is 1330 g/mol. The lowest BCUT2D eigenvalue weighted by molar-refractivity contribution is 0.449. The fourth-order valence-electron chi connectivity index (χ4n) is 15.8. The largest absolute Gasteiger partial charge is 0.207 e. The quantitative estimate of drug-likeness (QED) is 0.0454. The molecule has 0 saturated carbocycles. The van der Waals surface area contributed by atoms with Crippen LogP contribution in [0.25, 0.3) is 0 Å². The zero-order valence-corrected chi connectivity index (χ0v) is 59.6. The molecule has 0 radical (unpaired) electrons. The molecule has 0 aliphatic rings. The summed E-state index contributed by atoms with van der Waals surface area (Å²) in [5.41, 5.74) is -12.9. The van der Waals surface area contributed by atoms with Gasteiger partial charge in [0.05, 0.1) is 0 Å². The van der Waals surface area contributed by atoms with Gasteiger partial charge in [0.25, 0.3) is 0 Å². The van der Waals surface area contributed by atoms with Crippen molar-refractivity contribution in [3.05, 3.63) is 115 Å². The van der Waals surface area contributed by atoms with Crippen molar-refractivity contribution >= 4 is 60.3 Å². The van der Waals surface area contributed by atoms with E-state index in [1.54, 1.807) is 166 Å². The van der Waals surface area contributed by atoms with Crippen LogP contribution in [0.1, 0.15) is 188 Å². The molecule has 0 fully saturated rings. The normalized spacial score (nSPS) is 12.9. The third-order valence-electron chi connectivity index (χ3n) is 20.0. The highest BCUT2D eigenvalue weighted by atomic mass is 28.3. The second-order valence-corrected chi connectivity index (χ2v) is 50.0. The van der Waals surface area contributed by atoms with E-state index in [1.807, 2.05) is 0 Å². The maximum Gasteiger partial charge on any atom is 0.174 e. The molecule has 0 heterocycles. The molecule has 0 aliphatic heterocycles. The molecule has 21 heteroatoms. The van der Waals surface area contributed by atoms with Crippen molar-refractivity contribution in [1.29, 1.82) is 0 Å². The average molecular weight is 1330 g/mol. The summed E-state index contributed by atoms with van der Waals surface area (Å²) in [6.07, 6.45) is -7.00. The Hall–Kier alpha value is -5.07. The maximum atomic E-state index is 18.2. The van der Waals surface area contributed by atoms with Gasteiger partial charge in [0.15, 0.2) is 46.5 Å². The number of benzene rings is 4. The summed E-state index contributed by atoms with van der Waals surface area (Å²) < 4.78 is 286. The van der Waals surface area contributed by atoms with Crippen molar-refractivity contribution in [1.82, 2.24) is 0 Å². The Morgan fingerprint density at radius 1 is 0.191 bits per heavy atom. The van der Waals surface area contributed by atoms with Crippen LogP contribution >= 0.6 is 0 Å². The van der Waals surface area contributed by atoms with Gasteiger partial charge in [-0.25, -0.2) is 70.2 Å². The van der Waals surface area contributed by atoms with E-state index in [9.17, 15) is 0 Å². The predicted molar refractivity (Wildman–Crippen MR) is 341 cm³/mol. The van der Waals surface area contributed by atoms with E-state index in [2.05, 4.69) is 45.9 Å². The molecule has 488 valence electrons. The third kappa shape index (κ3) is 12.2. The first-order valence-electron chi connectivity index (χ1n) is 30.5. The summed E-state index contributed by atoms with van der Waals surface area (Å²) in [5.74, 6) is -39.0. The summed E-state index contributed by atoms with van der Waals surface area (Å²) >= 11 is 0. The Labute approximate surface area is 521 Å². The molecule has 0 N–H and O–H groups in total. The van der Waals surface area contributed by atoms with Gasteiger partial charge >= 0.3 is 0 Å². The summed E-state index contributed by atoms with van der Waals surface area (Å²) in [6.45, 7) is 41.2. The van der Waals surface area contributed by atoms with E-state index in [-0.39, 0.29) is 66.5 Å². The van der Waals surface area contributed by atoms with Crippen LogP contribution in [0.3, 0.4) is 0 Å². The molecule has 0 aliphatic carbocycles. The van der Waals surface area contributed by atoms with Crippen LogP contribution in [0, 0.1) is 139 Å². The first-order chi connectivity index (χ1) is 40.8. The summed E-state index contributed by atoms with van der Waals surface area (Å²) in [4.78, 5) is 0. The predicted octanol–water partition coefficient (Wildman–Crippen LogP) is 19.6. The van der Waals surface area contributed by atoms with Crippen molar-refractivity contribution in [3.63, 3.8) is 0 Å². The SMILES string of the molecule is CC(C)[Si](C#Cc1c(F)c(F)c([B-](c2c(F)c(F)c(C#C[Si](C(C)C)(C(C)C)C(C)C)c(F)c2F)(c2c(F)c(F)c(C#C[Si](C(C)C)(C(C)C)C(C)C)c(F)c2F)c2c(F)c(F)c(C#C[Si](C(C)C)(C(C)C)C(C)C)c(F)c2F)c(F)c1F)(C(C)C)C(C)C. The topological polar surface area (TPSA) is 0 Å². The molecule has 4 rings (SSSR count). The van der Waals surface area contributed by atoms with E-state index in [4.69, 9.17) is 0 Å². The molecule has 0 nitrogen and oxygen atoms in total. The van der Waals surface area contributed by atoms with Gasteiger partial charge in [-0.1, -0.05) is 190 Å². The fraction of sp³-hybridized carbons (Fsp3) is 0.529. The Kier molecular flexibility index (Phi) is 24.1. The highest BCUT2D eigenvalue weighted by Gasteiger charge is 2.53. The number of hydrogen-bond donors (Lipinski definition) is 0. The van der Waals surface area contributed by atoms with Crippen molar-refractivity contribution in [3.8, 4) is 45.9 Å². The van der Waals surface area contributed by atoms with Gasteiger partial charge in [-0.05, 0) is 66.5 Å². The van der Waals surface area contributed by atoms with Crippen molar-refractivity contribution < 1.29 is 70.2 Å². The van der Waals surface area contributed by atoms with E-state index in [1.165, 1.54) is 0 Å². The molecule has 0 unspecified atom stereocenters. The van der Waals surface area contributed by atoms with Crippen LogP contribution in [0.15, 0.2) is 0 Å². The van der Waals surface area contributed by atoms with Crippen LogP contribution in [0.4, 0.5) is 70.2 Å². The lowest BCUT2D eigenvalue weighted by atomic mass is 9.12. The summed E-state index contributed by atoms with van der Waals surface area (Å²) in [7, 11) is -12.9. The number of rotatable bonds is 16. The van der Waals surface area contributed by atoms with Crippen LogP contribution in [-0.4, -0.2) is 38.4 Å². The molecule has 0 atom stereocenters. The van der Waals surface area contributed by atoms with Gasteiger partial charge in [-0.15, -0.1) is 44.0 Å². The first kappa shape index (κ1) is 76.4. The minimum atomic E-state index is -7.00. The van der Waals surface area contributed by atoms with Crippen LogP contribution in [-0.2, 0) is 0 Å². The Bertz CT molecular complexity index is 2970. The number of halogens is 16. The zero-order valence-electron chi connectivity index (χ0n) is 55.6. The molecule has 0 saturated heterocycles. The van der Waals surface area contributed by atoms with Crippen LogP contribution in [0.5, 0.6) is 0 Å². The summed E-state index contributed by atoms with van der Waals surface area (Å²) in [6, 6.07) is 0. The zero-order chi connectivity index (χ0) is 68.9. The van der Waals surface area contributed by atoms with Crippen molar-refractivity contribution in [2.75, 3.05) is 0 Å². The molecule has 0 spiro atoms. The van der Waals surface area contributed by atoms with Gasteiger partial charge in [0, 0.05) is 0 Å². The molecule has 0 amide bonds. The highest BCUT2D eigenvalue weighted by molar-refractivity contribution is 7.20. The van der Waals surface area contributed by atoms with Crippen molar-refractivity contribution in [2.24, 2.45) is 0 Å². The second kappa shape index (κ2) is 28.0. The van der Waals surface area contributed by atoms with E-state index >= 15 is 70.2 Å². The minimum Gasteiger partial charge on any atom is -0.207 e. The molecular formula is C68H84BF16Si4-. The average Bonchev–Trinajstić information content (AvgIpc) is 0.697. The first-order valence-corrected chi connectivity index (χ1v) is 39.4. The fourth-order valence-corrected chi connectivity index (χ4v) is 36.7. The molecule has 4 aromatic carbocycles. The molecule has 89 heavy (non-hydrogen) atoms. The van der Waals surface area contributed by atoms with E-state index in [0.29, 0.717) is 0 Å². The van der Waals surface area contributed by atoms with Gasteiger partial charge in [-0.3, -0.25) is 0 Å². The van der Waals surface area contributed by atoms with Crippen LogP contribution < -0.4 is 21.9 Å². The lowest BCUT2D eigenvalue weighted by Crippen LogP contribution is -2.81. The van der Waals surface area contributed by atoms with Gasteiger partial charge in [0.1, 0.15) is 107 Å². The van der Waals surface area contributed by atoms with Gasteiger partial charge < -0.3 is 0 Å². The Morgan fingerprint density at radius 2 is 0.292 bits per heavy atom. The van der Waals surface area contributed by atoms with Crippen LogP contribution in [0.2, 0.25) is 66.5 Å². The Morgan fingerprint density at radius 3 is 0.382 bits per heavy atom. The number of hydrogen-bond acceptors (Lipinski definition) is 0. The van der Waals surface area contributed by atoms with Gasteiger partial charge in [-0.2, -0.15) is 0 Å².